The predicted octanol–water partition coefficient (Wildman–Crippen LogP) is 2.67. The average Bonchev–Trinajstić information content (AvgIpc) is 2.95. The molecule has 0 saturated carbocycles. The maximum Gasteiger partial charge on any atom is 0.207 e. The number of aryl methyl sites for hydroxylation is 2. The number of rotatable bonds is 5. The van der Waals surface area contributed by atoms with Crippen LogP contribution in [-0.2, 0) is 4.79 Å². The molecule has 1 aromatic carbocycles. The molecule has 124 valence electrons. The normalized spacial score (nSPS) is 12.3. The molecule has 3 aromatic rings. The van der Waals surface area contributed by atoms with Crippen molar-refractivity contribution in [1.82, 2.24) is 20.3 Å². The van der Waals surface area contributed by atoms with Gasteiger partial charge in [-0.15, -0.1) is 0 Å². The number of nitrogen functional groups attached to an aromatic ring is 1. The number of nitrogens with zero attached hydrogens (tertiary/aromatic N) is 2. The highest BCUT2D eigenvalue weighted by Gasteiger charge is 2.15. The molecule has 6 nitrogen and oxygen atoms in total. The van der Waals surface area contributed by atoms with Gasteiger partial charge in [-0.1, -0.05) is 19.1 Å². The Labute approximate surface area is 140 Å². The number of anilines is 1. The molecule has 4 N–H and O–H groups in total. The molecule has 0 radical (unpaired) electrons. The Morgan fingerprint density at radius 1 is 1.33 bits per heavy atom. The van der Waals surface area contributed by atoms with Crippen molar-refractivity contribution in [3.05, 3.63) is 41.2 Å². The number of carbonyl (C=O) groups is 1. The van der Waals surface area contributed by atoms with Crippen molar-refractivity contribution in [2.45, 2.75) is 26.7 Å². The summed E-state index contributed by atoms with van der Waals surface area (Å²) < 4.78 is 0. The van der Waals surface area contributed by atoms with Crippen LogP contribution in [0.25, 0.3) is 22.3 Å². The topological polar surface area (TPSA) is 96.7 Å². The van der Waals surface area contributed by atoms with E-state index in [1.807, 2.05) is 25.1 Å². The van der Waals surface area contributed by atoms with Crippen molar-refractivity contribution in [3.63, 3.8) is 0 Å². The van der Waals surface area contributed by atoms with Gasteiger partial charge in [-0.05, 0) is 31.5 Å². The van der Waals surface area contributed by atoms with E-state index in [4.69, 9.17) is 5.73 Å². The van der Waals surface area contributed by atoms with E-state index in [9.17, 15) is 4.79 Å². The van der Waals surface area contributed by atoms with Gasteiger partial charge in [0.25, 0.3) is 0 Å². The molecule has 1 unspecified atom stereocenters. The first-order chi connectivity index (χ1) is 11.5. The van der Waals surface area contributed by atoms with Crippen LogP contribution in [0, 0.1) is 13.8 Å². The zero-order valence-electron chi connectivity index (χ0n) is 14.1. The molecule has 0 aliphatic rings. The van der Waals surface area contributed by atoms with Gasteiger partial charge in [0.1, 0.15) is 11.3 Å². The molecule has 2 aromatic heterocycles. The lowest BCUT2D eigenvalue weighted by molar-refractivity contribution is -0.109. The largest absolute Gasteiger partial charge is 0.382 e. The van der Waals surface area contributed by atoms with Crippen LogP contribution in [-0.4, -0.2) is 27.9 Å². The minimum Gasteiger partial charge on any atom is -0.382 e. The number of nitrogens with one attached hydrogen (secondary N) is 2. The first-order valence-corrected chi connectivity index (χ1v) is 7.91. The molecule has 0 saturated heterocycles. The third-order valence-electron chi connectivity index (χ3n) is 4.25. The smallest absolute Gasteiger partial charge is 0.207 e. The Bertz CT molecular complexity index is 900. The van der Waals surface area contributed by atoms with Crippen LogP contribution >= 0.6 is 0 Å². The van der Waals surface area contributed by atoms with Crippen LogP contribution in [0.5, 0.6) is 0 Å². The minimum absolute atomic E-state index is 0.192. The van der Waals surface area contributed by atoms with Crippen molar-refractivity contribution >= 4 is 23.3 Å². The Kier molecular flexibility index (Phi) is 4.20. The van der Waals surface area contributed by atoms with Gasteiger partial charge in [0, 0.05) is 29.4 Å². The van der Waals surface area contributed by atoms with Gasteiger partial charge in [0.2, 0.25) is 6.41 Å². The fraction of sp³-hybridized carbons (Fsp3) is 0.278. The molecular weight excluding hydrogens is 302 g/mol. The third kappa shape index (κ3) is 2.82. The van der Waals surface area contributed by atoms with Crippen LogP contribution in [0.15, 0.2) is 24.3 Å². The summed E-state index contributed by atoms with van der Waals surface area (Å²) in [5.41, 5.74) is 12.5. The summed E-state index contributed by atoms with van der Waals surface area (Å²) in [7, 11) is 0. The monoisotopic (exact) mass is 323 g/mol. The first kappa shape index (κ1) is 16.0. The molecule has 3 rings (SSSR count). The van der Waals surface area contributed by atoms with Crippen molar-refractivity contribution in [3.8, 4) is 11.3 Å². The molecule has 0 bridgehead atoms. The minimum atomic E-state index is 0.192. The Morgan fingerprint density at radius 2 is 2.12 bits per heavy atom. The second kappa shape index (κ2) is 6.31. The quantitative estimate of drug-likeness (QED) is 0.629. The summed E-state index contributed by atoms with van der Waals surface area (Å²) in [6.45, 7) is 6.57. The number of aromatic nitrogens is 3. The lowest BCUT2D eigenvalue weighted by Gasteiger charge is -2.10. The van der Waals surface area contributed by atoms with Crippen LogP contribution in [0.1, 0.15) is 29.8 Å². The summed E-state index contributed by atoms with van der Waals surface area (Å²) in [5, 5.41) is 2.73. The zero-order valence-corrected chi connectivity index (χ0v) is 14.1. The summed E-state index contributed by atoms with van der Waals surface area (Å²) in [6.07, 6.45) is 0.723. The molecule has 0 aliphatic heterocycles. The highest BCUT2D eigenvalue weighted by molar-refractivity contribution is 5.91. The van der Waals surface area contributed by atoms with E-state index >= 15 is 0 Å². The van der Waals surface area contributed by atoms with Crippen LogP contribution in [0.3, 0.4) is 0 Å². The lowest BCUT2D eigenvalue weighted by Crippen LogP contribution is -2.18. The van der Waals surface area contributed by atoms with Gasteiger partial charge in [-0.2, -0.15) is 0 Å². The molecular formula is C18H21N5O. The predicted molar refractivity (Wildman–Crippen MR) is 95.7 cm³/mol. The maximum atomic E-state index is 10.5. The number of hydrogen-bond donors (Lipinski definition) is 3. The SMILES string of the molecule is Cc1cc(-c2cccc3nc(C)c(N)nc23)[nH]c1C(C)CNC=O. The average molecular weight is 323 g/mol. The van der Waals surface area contributed by atoms with Gasteiger partial charge >= 0.3 is 0 Å². The molecule has 0 fully saturated rings. The molecule has 0 aliphatic carbocycles. The fourth-order valence-corrected chi connectivity index (χ4v) is 2.95. The van der Waals surface area contributed by atoms with E-state index in [2.05, 4.69) is 40.2 Å². The van der Waals surface area contributed by atoms with E-state index < -0.39 is 0 Å². The van der Waals surface area contributed by atoms with E-state index in [-0.39, 0.29) is 5.92 Å². The van der Waals surface area contributed by atoms with E-state index in [0.29, 0.717) is 12.4 Å². The van der Waals surface area contributed by atoms with E-state index in [0.717, 1.165) is 45.7 Å². The molecule has 0 spiro atoms. The van der Waals surface area contributed by atoms with Crippen molar-refractivity contribution < 1.29 is 4.79 Å². The number of fused-ring (bicyclic) bond motifs is 1. The molecule has 6 heteroatoms. The fourth-order valence-electron chi connectivity index (χ4n) is 2.95. The van der Waals surface area contributed by atoms with Gasteiger partial charge in [-0.3, -0.25) is 4.79 Å². The second-order valence-corrected chi connectivity index (χ2v) is 6.07. The van der Waals surface area contributed by atoms with Crippen molar-refractivity contribution in [2.24, 2.45) is 0 Å². The summed E-state index contributed by atoms with van der Waals surface area (Å²) in [5.74, 6) is 0.638. The number of nitrogens with two attached hydrogens (primary N) is 1. The molecule has 1 amide bonds. The zero-order chi connectivity index (χ0) is 17.3. The van der Waals surface area contributed by atoms with Crippen LogP contribution in [0.4, 0.5) is 5.82 Å². The van der Waals surface area contributed by atoms with E-state index in [1.165, 1.54) is 0 Å². The van der Waals surface area contributed by atoms with Crippen molar-refractivity contribution in [1.29, 1.82) is 0 Å². The number of H-pyrrole nitrogens is 1. The molecule has 2 heterocycles. The van der Waals surface area contributed by atoms with Gasteiger partial charge in [0.15, 0.2) is 0 Å². The van der Waals surface area contributed by atoms with Crippen LogP contribution < -0.4 is 11.1 Å². The number of hydrogen-bond acceptors (Lipinski definition) is 4. The standard InChI is InChI=1S/C18H21N5O/c1-10-7-15(22-16(10)11(2)8-20-9-24)13-5-4-6-14-17(13)23-18(19)12(3)21-14/h4-7,9,11,22H,8H2,1-3H3,(H2,19,23)(H,20,24). The molecule has 1 atom stereocenters. The first-order valence-electron chi connectivity index (χ1n) is 7.91. The Hall–Kier alpha value is -2.89. The highest BCUT2D eigenvalue weighted by atomic mass is 16.1. The number of amides is 1. The van der Waals surface area contributed by atoms with E-state index in [1.54, 1.807) is 0 Å². The Morgan fingerprint density at radius 3 is 2.88 bits per heavy atom. The maximum absolute atomic E-state index is 10.5. The number of aromatic amines is 1. The lowest BCUT2D eigenvalue weighted by atomic mass is 10.0. The Balaban J connectivity index is 2.08. The van der Waals surface area contributed by atoms with Crippen LogP contribution in [0.2, 0.25) is 0 Å². The van der Waals surface area contributed by atoms with Gasteiger partial charge in [0.05, 0.1) is 11.2 Å². The summed E-state index contributed by atoms with van der Waals surface area (Å²) in [6, 6.07) is 8.01. The number of carbonyl (C=O) groups excluding carboxylic acids is 1. The highest BCUT2D eigenvalue weighted by Crippen LogP contribution is 2.30. The molecule has 24 heavy (non-hydrogen) atoms. The number of benzene rings is 1. The summed E-state index contributed by atoms with van der Waals surface area (Å²) >= 11 is 0. The summed E-state index contributed by atoms with van der Waals surface area (Å²) in [4.78, 5) is 23.0. The second-order valence-electron chi connectivity index (χ2n) is 6.07. The number of para-hydroxylation sites is 1. The van der Waals surface area contributed by atoms with Gasteiger partial charge in [-0.25, -0.2) is 9.97 Å². The van der Waals surface area contributed by atoms with Gasteiger partial charge < -0.3 is 16.0 Å². The third-order valence-corrected chi connectivity index (χ3v) is 4.25. The van der Waals surface area contributed by atoms with Crippen molar-refractivity contribution in [2.75, 3.05) is 12.3 Å².